The van der Waals surface area contributed by atoms with Crippen molar-refractivity contribution < 1.29 is 28.7 Å². The van der Waals surface area contributed by atoms with Crippen LogP contribution in [0.2, 0.25) is 0 Å². The van der Waals surface area contributed by atoms with Crippen LogP contribution in [0, 0.1) is 0 Å². The third-order valence-corrected chi connectivity index (χ3v) is 4.89. The molecule has 0 unspecified atom stereocenters. The Kier molecular flexibility index (Phi) is 8.68. The quantitative estimate of drug-likeness (QED) is 0.402. The van der Waals surface area contributed by atoms with Crippen molar-refractivity contribution in [1.29, 1.82) is 0 Å². The van der Waals surface area contributed by atoms with Crippen molar-refractivity contribution in [2.75, 3.05) is 12.4 Å². The Morgan fingerprint density at radius 3 is 2.29 bits per heavy atom. The second-order valence-corrected chi connectivity index (χ2v) is 8.68. The fourth-order valence-corrected chi connectivity index (χ4v) is 3.24. The molecule has 0 aliphatic rings. The van der Waals surface area contributed by atoms with E-state index in [4.69, 9.17) is 4.74 Å². The van der Waals surface area contributed by atoms with E-state index < -0.39 is 29.5 Å². The van der Waals surface area contributed by atoms with Crippen LogP contribution in [-0.4, -0.2) is 41.6 Å². The van der Waals surface area contributed by atoms with Crippen LogP contribution in [0.15, 0.2) is 53.7 Å². The molecule has 10 nitrogen and oxygen atoms in total. The van der Waals surface area contributed by atoms with Gasteiger partial charge in [-0.1, -0.05) is 12.7 Å². The Balaban J connectivity index is 2.00. The van der Waals surface area contributed by atoms with Crippen LogP contribution in [0.25, 0.3) is 10.6 Å². The first-order chi connectivity index (χ1) is 15.9. The molecule has 0 bridgehead atoms. The minimum absolute atomic E-state index is 0.0801. The molecule has 1 heterocycles. The summed E-state index contributed by atoms with van der Waals surface area (Å²) in [5.74, 6) is -2.13. The lowest BCUT2D eigenvalue weighted by Gasteiger charge is -2.19. The van der Waals surface area contributed by atoms with Gasteiger partial charge in [-0.2, -0.15) is 0 Å². The van der Waals surface area contributed by atoms with Gasteiger partial charge in [-0.05, 0) is 52.0 Å². The van der Waals surface area contributed by atoms with Crippen LogP contribution in [0.4, 0.5) is 10.5 Å². The number of carbonyl (C=O) groups is 4. The molecule has 0 aliphatic heterocycles. The molecule has 0 saturated heterocycles. The average Bonchev–Trinajstić information content (AvgIpc) is 3.26. The van der Waals surface area contributed by atoms with Crippen molar-refractivity contribution in [2.45, 2.75) is 33.3 Å². The first kappa shape index (κ1) is 26.3. The molecule has 11 heteroatoms. The number of benzene rings is 1. The summed E-state index contributed by atoms with van der Waals surface area (Å²) in [6.45, 7) is 10.4. The SMILES string of the molecule is C=C(NC(=O)c1csc(-c2ccc(NC(=O)OC(C)(C)C)cc2)n1)C(=O)N/C(=C/C)C(=O)OC. The predicted octanol–water partition coefficient (Wildman–Crippen LogP) is 3.59. The molecule has 2 rings (SSSR count). The maximum Gasteiger partial charge on any atom is 0.412 e. The molecule has 34 heavy (non-hydrogen) atoms. The number of rotatable bonds is 7. The normalized spacial score (nSPS) is 11.3. The first-order valence-corrected chi connectivity index (χ1v) is 10.9. The number of anilines is 1. The molecule has 0 atom stereocenters. The van der Waals surface area contributed by atoms with Gasteiger partial charge in [-0.3, -0.25) is 14.9 Å². The summed E-state index contributed by atoms with van der Waals surface area (Å²) >= 11 is 1.23. The number of thiazole rings is 1. The summed E-state index contributed by atoms with van der Waals surface area (Å²) in [5.41, 5.74) is 0.408. The molecule has 1 aromatic carbocycles. The summed E-state index contributed by atoms with van der Waals surface area (Å²) in [7, 11) is 1.18. The molecule has 1 aromatic heterocycles. The topological polar surface area (TPSA) is 136 Å². The number of amides is 3. The summed E-state index contributed by atoms with van der Waals surface area (Å²) in [6.07, 6.45) is 0.797. The van der Waals surface area contributed by atoms with Gasteiger partial charge in [-0.25, -0.2) is 14.6 Å². The van der Waals surface area contributed by atoms with Crippen LogP contribution in [0.1, 0.15) is 38.2 Å². The number of hydrogen-bond donors (Lipinski definition) is 3. The van der Waals surface area contributed by atoms with E-state index in [9.17, 15) is 19.2 Å². The molecular weight excluding hydrogens is 460 g/mol. The predicted molar refractivity (Wildman–Crippen MR) is 128 cm³/mol. The average molecular weight is 487 g/mol. The lowest BCUT2D eigenvalue weighted by atomic mass is 10.2. The molecule has 180 valence electrons. The van der Waals surface area contributed by atoms with Crippen molar-refractivity contribution in [1.82, 2.24) is 15.6 Å². The molecule has 0 aliphatic carbocycles. The lowest BCUT2D eigenvalue weighted by Crippen LogP contribution is -2.36. The van der Waals surface area contributed by atoms with E-state index in [2.05, 4.69) is 32.3 Å². The number of methoxy groups -OCH3 is 1. The van der Waals surface area contributed by atoms with Crippen molar-refractivity contribution in [3.63, 3.8) is 0 Å². The molecule has 0 radical (unpaired) electrons. The van der Waals surface area contributed by atoms with Crippen LogP contribution in [0.5, 0.6) is 0 Å². The molecule has 2 aromatic rings. The van der Waals surface area contributed by atoms with Gasteiger partial charge < -0.3 is 20.1 Å². The smallest absolute Gasteiger partial charge is 0.412 e. The number of carbonyl (C=O) groups excluding carboxylic acids is 4. The molecule has 0 saturated carbocycles. The fourth-order valence-electron chi connectivity index (χ4n) is 2.43. The van der Waals surface area contributed by atoms with E-state index in [1.165, 1.54) is 29.9 Å². The third kappa shape index (κ3) is 7.55. The second kappa shape index (κ2) is 11.2. The fraction of sp³-hybridized carbons (Fsp3) is 0.261. The maximum atomic E-state index is 12.5. The summed E-state index contributed by atoms with van der Waals surface area (Å²) in [6, 6.07) is 6.86. The summed E-state index contributed by atoms with van der Waals surface area (Å²) in [4.78, 5) is 52.4. The van der Waals surface area contributed by atoms with Gasteiger partial charge >= 0.3 is 12.1 Å². The highest BCUT2D eigenvalue weighted by atomic mass is 32.1. The number of ether oxygens (including phenoxy) is 2. The zero-order chi connectivity index (χ0) is 25.5. The Hall–Kier alpha value is -3.99. The van der Waals surface area contributed by atoms with Gasteiger partial charge in [0.15, 0.2) is 0 Å². The standard InChI is InChI=1S/C23H26N4O6S/c1-7-16(21(30)32-6)26-18(28)13(2)24-19(29)17-12-34-20(27-17)14-8-10-15(11-9-14)25-22(31)33-23(3,4)5/h7-12H,2H2,1,3-6H3,(H,24,29)(H,25,31)(H,26,28)/b16-7+. The maximum absolute atomic E-state index is 12.5. The molecular formula is C23H26N4O6S. The van der Waals surface area contributed by atoms with Crippen molar-refractivity contribution in [3.8, 4) is 10.6 Å². The molecule has 3 amide bonds. The molecule has 3 N–H and O–H groups in total. The number of nitrogens with zero attached hydrogens (tertiary/aromatic N) is 1. The number of aromatic nitrogens is 1. The number of nitrogens with one attached hydrogen (secondary N) is 3. The van der Waals surface area contributed by atoms with Crippen molar-refractivity contribution in [3.05, 3.63) is 59.4 Å². The van der Waals surface area contributed by atoms with Gasteiger partial charge in [0.2, 0.25) is 0 Å². The highest BCUT2D eigenvalue weighted by Gasteiger charge is 2.19. The highest BCUT2D eigenvalue weighted by molar-refractivity contribution is 7.13. The van der Waals surface area contributed by atoms with E-state index in [0.717, 1.165) is 5.56 Å². The van der Waals surface area contributed by atoms with E-state index in [1.54, 1.807) is 52.0 Å². The Morgan fingerprint density at radius 1 is 1.09 bits per heavy atom. The van der Waals surface area contributed by atoms with E-state index in [1.807, 2.05) is 0 Å². The summed E-state index contributed by atoms with van der Waals surface area (Å²) in [5, 5.41) is 9.40. The van der Waals surface area contributed by atoms with Gasteiger partial charge in [0.1, 0.15) is 22.0 Å². The minimum Gasteiger partial charge on any atom is -0.464 e. The number of hydrogen-bond acceptors (Lipinski definition) is 8. The molecule has 0 fully saturated rings. The van der Waals surface area contributed by atoms with Gasteiger partial charge in [0.05, 0.1) is 12.8 Å². The van der Waals surface area contributed by atoms with Crippen LogP contribution < -0.4 is 16.0 Å². The van der Waals surface area contributed by atoms with Crippen LogP contribution in [0.3, 0.4) is 0 Å². The minimum atomic E-state index is -0.768. The van der Waals surface area contributed by atoms with Crippen LogP contribution in [-0.2, 0) is 19.1 Å². The van der Waals surface area contributed by atoms with Crippen molar-refractivity contribution in [2.24, 2.45) is 0 Å². The summed E-state index contributed by atoms with van der Waals surface area (Å²) < 4.78 is 9.76. The zero-order valence-electron chi connectivity index (χ0n) is 19.5. The van der Waals surface area contributed by atoms with E-state index >= 15 is 0 Å². The Labute approximate surface area is 201 Å². The van der Waals surface area contributed by atoms with Crippen molar-refractivity contribution >= 4 is 40.9 Å². The second-order valence-electron chi connectivity index (χ2n) is 7.82. The largest absolute Gasteiger partial charge is 0.464 e. The molecule has 0 spiro atoms. The monoisotopic (exact) mass is 486 g/mol. The first-order valence-electron chi connectivity index (χ1n) is 10.1. The van der Waals surface area contributed by atoms with Gasteiger partial charge in [-0.15, -0.1) is 11.3 Å². The lowest BCUT2D eigenvalue weighted by molar-refractivity contribution is -0.137. The third-order valence-electron chi connectivity index (χ3n) is 3.99. The zero-order valence-corrected chi connectivity index (χ0v) is 20.3. The highest BCUT2D eigenvalue weighted by Crippen LogP contribution is 2.25. The van der Waals surface area contributed by atoms with Crippen LogP contribution >= 0.6 is 11.3 Å². The van der Waals surface area contributed by atoms with Gasteiger partial charge in [0, 0.05) is 16.6 Å². The number of esters is 1. The van der Waals surface area contributed by atoms with Gasteiger partial charge in [0.25, 0.3) is 11.8 Å². The number of allylic oxidation sites excluding steroid dienone is 1. The van der Waals surface area contributed by atoms with E-state index in [0.29, 0.717) is 10.7 Å². The van der Waals surface area contributed by atoms with E-state index in [-0.39, 0.29) is 17.1 Å². The Morgan fingerprint density at radius 2 is 1.74 bits per heavy atom. The Bertz CT molecular complexity index is 1130.